The number of fused-ring (bicyclic) bond motifs is 4. The first-order valence-corrected chi connectivity index (χ1v) is 19.7. The Morgan fingerprint density at radius 3 is 2.33 bits per heavy atom. The van der Waals surface area contributed by atoms with E-state index in [0.29, 0.717) is 12.8 Å². The predicted octanol–water partition coefficient (Wildman–Crippen LogP) is 4.91. The molecule has 2 bridgehead atoms. The van der Waals surface area contributed by atoms with Crippen LogP contribution in [0.15, 0.2) is 54.6 Å². The zero-order chi connectivity index (χ0) is 36.2. The number of aliphatic hydroxyl groups excluding tert-OH is 1. The maximum atomic E-state index is 15.4. The van der Waals surface area contributed by atoms with Gasteiger partial charge < -0.3 is 29.5 Å². The third-order valence-electron chi connectivity index (χ3n) is 11.0. The topological polar surface area (TPSA) is 127 Å². The average molecular weight is 818 g/mol. The number of esters is 1. The fourth-order valence-corrected chi connectivity index (χ4v) is 9.04. The van der Waals surface area contributed by atoms with Crippen molar-refractivity contribution in [2.24, 2.45) is 5.41 Å². The molecule has 51 heavy (non-hydrogen) atoms. The lowest BCUT2D eigenvalue weighted by molar-refractivity contribution is -0.225. The third-order valence-corrected chi connectivity index (χ3v) is 12.1. The second-order valence-corrected chi connectivity index (χ2v) is 15.6. The highest BCUT2D eigenvalue weighted by molar-refractivity contribution is 14.1. The Labute approximate surface area is 314 Å². The number of nitrogens with one attached hydrogen (secondary N) is 1. The van der Waals surface area contributed by atoms with Crippen LogP contribution in [0.25, 0.3) is 0 Å². The summed E-state index contributed by atoms with van der Waals surface area (Å²) in [6, 6.07) is 15.4. The van der Waals surface area contributed by atoms with Gasteiger partial charge in [-0.3, -0.25) is 19.2 Å². The van der Waals surface area contributed by atoms with E-state index in [1.165, 1.54) is 4.90 Å². The molecule has 11 nitrogen and oxygen atoms in total. The van der Waals surface area contributed by atoms with E-state index in [-0.39, 0.29) is 44.4 Å². The van der Waals surface area contributed by atoms with Crippen molar-refractivity contribution in [3.05, 3.63) is 69.3 Å². The zero-order valence-corrected chi connectivity index (χ0v) is 32.1. The molecular formula is C39H52IN3O8. The molecule has 4 fully saturated rings. The molecule has 2 N–H and O–H groups in total. The van der Waals surface area contributed by atoms with E-state index in [1.807, 2.05) is 54.6 Å². The lowest BCUT2D eigenvalue weighted by Crippen LogP contribution is -2.70. The van der Waals surface area contributed by atoms with Crippen molar-refractivity contribution in [1.82, 2.24) is 15.3 Å². The molecule has 12 heteroatoms. The van der Waals surface area contributed by atoms with E-state index in [9.17, 15) is 14.7 Å². The minimum Gasteiger partial charge on any atom is -0.458 e. The van der Waals surface area contributed by atoms with E-state index >= 15 is 4.79 Å². The highest BCUT2D eigenvalue weighted by Crippen LogP contribution is 2.58. The van der Waals surface area contributed by atoms with Gasteiger partial charge in [0.25, 0.3) is 0 Å². The molecule has 0 spiro atoms. The fraction of sp³-hybridized carbons (Fsp3) is 0.615. The van der Waals surface area contributed by atoms with Crippen LogP contribution in [-0.4, -0.2) is 95.3 Å². The molecule has 3 saturated heterocycles. The van der Waals surface area contributed by atoms with Crippen LogP contribution >= 0.6 is 22.6 Å². The monoisotopic (exact) mass is 817 g/mol. The van der Waals surface area contributed by atoms with Gasteiger partial charge in [0.1, 0.15) is 35.9 Å². The van der Waals surface area contributed by atoms with E-state index < -0.39 is 53.7 Å². The molecule has 4 aliphatic rings. The molecule has 0 aromatic heterocycles. The highest BCUT2D eigenvalue weighted by atomic mass is 127. The second-order valence-electron chi connectivity index (χ2n) is 14.4. The number of hydroxylamine groups is 2. The van der Waals surface area contributed by atoms with Crippen molar-refractivity contribution in [3.63, 3.8) is 0 Å². The first-order chi connectivity index (χ1) is 24.7. The Kier molecular flexibility index (Phi) is 12.4. The number of amides is 2. The molecular weight excluding hydrogens is 765 g/mol. The predicted molar refractivity (Wildman–Crippen MR) is 198 cm³/mol. The van der Waals surface area contributed by atoms with Crippen LogP contribution in [0.5, 0.6) is 0 Å². The van der Waals surface area contributed by atoms with Gasteiger partial charge in [-0.25, -0.2) is 0 Å². The Bertz CT molecular complexity index is 1520. The third kappa shape index (κ3) is 7.59. The molecule has 7 atom stereocenters. The molecule has 0 unspecified atom stereocenters. The summed E-state index contributed by atoms with van der Waals surface area (Å²) in [7, 11) is 1.62. The Hall–Kier alpha value is -2.62. The summed E-state index contributed by atoms with van der Waals surface area (Å²) in [5.74, 6) is -2.18. The van der Waals surface area contributed by atoms with E-state index in [2.05, 4.69) is 41.8 Å². The van der Waals surface area contributed by atoms with Crippen molar-refractivity contribution in [3.8, 4) is 0 Å². The van der Waals surface area contributed by atoms with Crippen LogP contribution in [0, 0.1) is 8.99 Å². The average Bonchev–Trinajstić information content (AvgIpc) is 3.69. The zero-order valence-electron chi connectivity index (χ0n) is 29.9. The van der Waals surface area contributed by atoms with Crippen LogP contribution in [-0.2, 0) is 46.4 Å². The van der Waals surface area contributed by atoms with Crippen molar-refractivity contribution < 1.29 is 38.5 Å². The number of benzene rings is 2. The van der Waals surface area contributed by atoms with Crippen LogP contribution in [0.4, 0.5) is 0 Å². The molecule has 3 heterocycles. The normalized spacial score (nSPS) is 28.2. The first-order valence-electron chi connectivity index (χ1n) is 18.6. The van der Waals surface area contributed by atoms with E-state index in [4.69, 9.17) is 19.0 Å². The minimum atomic E-state index is -1.41. The molecule has 278 valence electrons. The maximum absolute atomic E-state index is 15.4. The smallest absolute Gasteiger partial charge is 0.327 e. The van der Waals surface area contributed by atoms with Gasteiger partial charge in [0.05, 0.1) is 13.2 Å². The van der Waals surface area contributed by atoms with Gasteiger partial charge >= 0.3 is 5.97 Å². The molecule has 2 amide bonds. The summed E-state index contributed by atoms with van der Waals surface area (Å²) in [5.41, 5.74) is 0.412. The van der Waals surface area contributed by atoms with Gasteiger partial charge in [-0.05, 0) is 52.6 Å². The number of hydrogen-bond donors (Lipinski definition) is 2. The molecule has 2 aromatic carbocycles. The quantitative estimate of drug-likeness (QED) is 0.130. The summed E-state index contributed by atoms with van der Waals surface area (Å²) < 4.78 is 21.1. The number of ether oxygens (including phenoxy) is 3. The van der Waals surface area contributed by atoms with Gasteiger partial charge in [-0.15, -0.1) is 0 Å². The van der Waals surface area contributed by atoms with Gasteiger partial charge in [-0.1, -0.05) is 88.1 Å². The van der Waals surface area contributed by atoms with Crippen LogP contribution < -0.4 is 5.32 Å². The van der Waals surface area contributed by atoms with Gasteiger partial charge in [0, 0.05) is 42.8 Å². The number of hydrogen-bond acceptors (Lipinski definition) is 9. The van der Waals surface area contributed by atoms with Crippen molar-refractivity contribution in [2.45, 2.75) is 127 Å². The van der Waals surface area contributed by atoms with Gasteiger partial charge in [-0.2, -0.15) is 5.06 Å². The van der Waals surface area contributed by atoms with Gasteiger partial charge in [0.2, 0.25) is 11.8 Å². The lowest BCUT2D eigenvalue weighted by atomic mass is 9.62. The molecule has 1 saturated carbocycles. The van der Waals surface area contributed by atoms with Crippen molar-refractivity contribution >= 4 is 40.4 Å². The lowest BCUT2D eigenvalue weighted by Gasteiger charge is -2.50. The number of rotatable bonds is 17. The first kappa shape index (κ1) is 38.1. The van der Waals surface area contributed by atoms with Crippen LogP contribution in [0.3, 0.4) is 0 Å². The fourth-order valence-electron chi connectivity index (χ4n) is 8.48. The highest BCUT2D eigenvalue weighted by Gasteiger charge is 2.76. The van der Waals surface area contributed by atoms with Crippen molar-refractivity contribution in [1.29, 1.82) is 0 Å². The largest absolute Gasteiger partial charge is 0.458 e. The molecule has 2 aromatic rings. The summed E-state index contributed by atoms with van der Waals surface area (Å²) >= 11 is 2.27. The SMILES string of the molecule is CCCCCC1(CCCCC)O[C@@H]2[C@H](O1)[C@H]1ON(Cc3ccccc3I)[C@@H]3C(=O)O[C@@H]2C[C@]13C(=O)N(C)[C@H](Cc1ccccc1)C(=O)NCCO. The second kappa shape index (κ2) is 16.6. The Morgan fingerprint density at radius 2 is 1.67 bits per heavy atom. The molecule has 6 rings (SSSR count). The van der Waals surface area contributed by atoms with Gasteiger partial charge in [0.15, 0.2) is 11.8 Å². The Balaban J connectivity index is 1.40. The molecule has 3 aliphatic heterocycles. The minimum absolute atomic E-state index is 0.0522. The van der Waals surface area contributed by atoms with E-state index in [0.717, 1.165) is 53.2 Å². The molecule has 0 radical (unpaired) electrons. The number of likely N-dealkylation sites (N-methyl/N-ethyl adjacent to an activating group) is 1. The summed E-state index contributed by atoms with van der Waals surface area (Å²) in [4.78, 5) is 51.7. The number of unbranched alkanes of at least 4 members (excludes halogenated alkanes) is 4. The number of carbonyl (C=O) groups excluding carboxylic acids is 3. The summed E-state index contributed by atoms with van der Waals surface area (Å²) in [5, 5.41) is 13.9. The standard InChI is InChI=1S/C39H52IN3O8/c1-4-6-13-19-38(20-14-7-5-2)49-31-30-24-39(37(47)42(3)29(35(45)41-21-22-44)23-26-15-9-8-10-16-26)33(36(46)48-30)43(51-34(39)32(31)50-38)25-27-17-11-12-18-28(27)40/h8-12,15-18,29-34,44H,4-7,13-14,19-25H2,1-3H3,(H,41,45)/t29-,30-,31+,32+,33-,34-,39-/m1/s1. The number of halogens is 1. The van der Waals surface area contributed by atoms with Crippen LogP contribution in [0.2, 0.25) is 0 Å². The number of aliphatic hydroxyl groups is 1. The van der Waals surface area contributed by atoms with Crippen molar-refractivity contribution in [2.75, 3.05) is 20.2 Å². The number of carbonyl (C=O) groups is 3. The summed E-state index contributed by atoms with van der Waals surface area (Å²) in [6.45, 7) is 4.40. The summed E-state index contributed by atoms with van der Waals surface area (Å²) in [6.07, 6.45) is 5.02. The Morgan fingerprint density at radius 1 is 1.00 bits per heavy atom. The number of nitrogens with zero attached hydrogens (tertiary/aromatic N) is 2. The van der Waals surface area contributed by atoms with Crippen LogP contribution in [0.1, 0.15) is 82.8 Å². The molecule has 1 aliphatic carbocycles. The maximum Gasteiger partial charge on any atom is 0.327 e. The van der Waals surface area contributed by atoms with E-state index in [1.54, 1.807) is 12.1 Å².